The monoisotopic (exact) mass is 351 g/mol. The molecule has 2 fully saturated rings. The minimum atomic E-state index is -0.189. The fraction of sp³-hybridized carbons (Fsp3) is 0.750. The fourth-order valence-electron chi connectivity index (χ4n) is 3.15. The summed E-state index contributed by atoms with van der Waals surface area (Å²) in [5.41, 5.74) is 0. The highest BCUT2D eigenvalue weighted by atomic mass is 16.5. The second-order valence-corrected chi connectivity index (χ2v) is 6.46. The summed E-state index contributed by atoms with van der Waals surface area (Å²) in [6.45, 7) is 7.16. The smallest absolute Gasteiger partial charge is 0.235 e. The minimum absolute atomic E-state index is 0.0697. The van der Waals surface area contributed by atoms with Crippen LogP contribution >= 0.6 is 0 Å². The number of aryl methyl sites for hydroxylation is 1. The number of carbonyl (C=O) groups excluding carboxylic acids is 2. The lowest BCUT2D eigenvalue weighted by molar-refractivity contribution is -0.138. The van der Waals surface area contributed by atoms with Gasteiger partial charge in [-0.1, -0.05) is 0 Å². The summed E-state index contributed by atoms with van der Waals surface area (Å²) in [4.78, 5) is 28.6. The molecule has 25 heavy (non-hydrogen) atoms. The van der Waals surface area contributed by atoms with Crippen molar-refractivity contribution >= 4 is 11.8 Å². The third kappa shape index (κ3) is 4.99. The number of carbonyl (C=O) groups is 2. The molecule has 0 spiro atoms. The molecule has 1 aromatic heterocycles. The molecule has 1 aromatic rings. The van der Waals surface area contributed by atoms with Gasteiger partial charge in [0.15, 0.2) is 0 Å². The van der Waals surface area contributed by atoms with E-state index in [1.54, 1.807) is 11.8 Å². The number of morpholine rings is 1. The van der Waals surface area contributed by atoms with Crippen molar-refractivity contribution in [2.75, 3.05) is 45.9 Å². The molecule has 3 heterocycles. The van der Waals surface area contributed by atoms with Crippen molar-refractivity contribution in [3.63, 3.8) is 0 Å². The molecule has 0 unspecified atom stereocenters. The number of aromatic nitrogens is 2. The van der Waals surface area contributed by atoms with Gasteiger partial charge in [0.05, 0.1) is 25.7 Å². The van der Waals surface area contributed by atoms with Gasteiger partial charge in [-0.05, 0) is 6.42 Å². The number of nitrogens with one attached hydrogen (secondary N) is 1. The van der Waals surface area contributed by atoms with Crippen LogP contribution in [0.3, 0.4) is 0 Å². The van der Waals surface area contributed by atoms with E-state index in [0.717, 1.165) is 32.8 Å². The number of nitrogens with zero attached hydrogens (tertiary/aromatic N) is 4. The van der Waals surface area contributed by atoms with Crippen LogP contribution in [-0.4, -0.2) is 77.7 Å². The zero-order valence-corrected chi connectivity index (χ0v) is 14.6. The molecule has 1 N–H and O–H groups in total. The zero-order valence-electron chi connectivity index (χ0n) is 14.6. The van der Waals surface area contributed by atoms with Gasteiger partial charge in [-0.3, -0.25) is 14.5 Å². The molecule has 0 aliphatic carbocycles. The van der Waals surface area contributed by atoms with Crippen molar-refractivity contribution in [1.29, 1.82) is 0 Å². The predicted octanol–water partition coefficient (Wildman–Crippen LogP) is -0.435. The van der Waals surface area contributed by atoms with Crippen molar-refractivity contribution < 1.29 is 18.7 Å². The van der Waals surface area contributed by atoms with E-state index in [1.807, 2.05) is 0 Å². The molecule has 2 saturated heterocycles. The maximum atomic E-state index is 12.4. The maximum absolute atomic E-state index is 12.4. The number of rotatable bonds is 6. The number of hydrogen-bond acceptors (Lipinski definition) is 7. The largest absolute Gasteiger partial charge is 0.424 e. The SMILES string of the molecule is Cc1nnc(CNC(=O)[C@H]2CCC(=O)N(CCN3CCOCC3)C2)o1. The Bertz CT molecular complexity index is 599. The Labute approximate surface area is 146 Å². The van der Waals surface area contributed by atoms with Crippen LogP contribution in [0.5, 0.6) is 0 Å². The van der Waals surface area contributed by atoms with Gasteiger partial charge in [0.25, 0.3) is 0 Å². The summed E-state index contributed by atoms with van der Waals surface area (Å²) >= 11 is 0. The van der Waals surface area contributed by atoms with E-state index in [1.165, 1.54) is 0 Å². The Morgan fingerprint density at radius 2 is 2.08 bits per heavy atom. The van der Waals surface area contributed by atoms with Crippen LogP contribution in [0.1, 0.15) is 24.6 Å². The summed E-state index contributed by atoms with van der Waals surface area (Å²) in [6, 6.07) is 0. The third-order valence-electron chi connectivity index (χ3n) is 4.64. The first-order valence-electron chi connectivity index (χ1n) is 8.76. The quantitative estimate of drug-likeness (QED) is 0.742. The van der Waals surface area contributed by atoms with E-state index in [-0.39, 0.29) is 24.3 Å². The molecule has 2 aliphatic heterocycles. The molecule has 0 radical (unpaired) electrons. The van der Waals surface area contributed by atoms with Crippen LogP contribution in [0.15, 0.2) is 4.42 Å². The van der Waals surface area contributed by atoms with Crippen LogP contribution in [0.4, 0.5) is 0 Å². The topological polar surface area (TPSA) is 101 Å². The van der Waals surface area contributed by atoms with E-state index >= 15 is 0 Å². The lowest BCUT2D eigenvalue weighted by Crippen LogP contribution is -2.49. The predicted molar refractivity (Wildman–Crippen MR) is 87.4 cm³/mol. The van der Waals surface area contributed by atoms with Gasteiger partial charge in [0.1, 0.15) is 0 Å². The van der Waals surface area contributed by atoms with E-state index in [4.69, 9.17) is 9.15 Å². The lowest BCUT2D eigenvalue weighted by atomic mass is 9.96. The molecule has 0 bridgehead atoms. The molecular formula is C16H25N5O4. The Balaban J connectivity index is 1.45. The molecule has 9 heteroatoms. The van der Waals surface area contributed by atoms with Crippen molar-refractivity contribution in [2.45, 2.75) is 26.3 Å². The summed E-state index contributed by atoms with van der Waals surface area (Å²) in [7, 11) is 0. The first kappa shape index (κ1) is 17.8. The second kappa shape index (κ2) is 8.39. The molecule has 3 rings (SSSR count). The number of amides is 2. The van der Waals surface area contributed by atoms with Gasteiger partial charge in [0.2, 0.25) is 23.6 Å². The highest BCUT2D eigenvalue weighted by Crippen LogP contribution is 2.18. The fourth-order valence-corrected chi connectivity index (χ4v) is 3.15. The standard InChI is InChI=1S/C16H25N5O4/c1-12-18-19-14(25-12)10-17-16(23)13-2-3-15(22)21(11-13)5-4-20-6-8-24-9-7-20/h13H,2-11H2,1H3,(H,17,23)/t13-/m0/s1. The highest BCUT2D eigenvalue weighted by Gasteiger charge is 2.30. The van der Waals surface area contributed by atoms with E-state index in [2.05, 4.69) is 20.4 Å². The Morgan fingerprint density at radius 1 is 1.28 bits per heavy atom. The van der Waals surface area contributed by atoms with Crippen LogP contribution < -0.4 is 5.32 Å². The zero-order chi connectivity index (χ0) is 17.6. The third-order valence-corrected chi connectivity index (χ3v) is 4.64. The summed E-state index contributed by atoms with van der Waals surface area (Å²) in [5.74, 6) is 0.736. The van der Waals surface area contributed by atoms with Gasteiger partial charge < -0.3 is 19.4 Å². The summed E-state index contributed by atoms with van der Waals surface area (Å²) in [5, 5.41) is 10.4. The minimum Gasteiger partial charge on any atom is -0.424 e. The molecule has 9 nitrogen and oxygen atoms in total. The molecule has 1 atom stereocenters. The molecule has 138 valence electrons. The summed E-state index contributed by atoms with van der Waals surface area (Å²) < 4.78 is 10.6. The number of ether oxygens (including phenoxy) is 1. The Kier molecular flexibility index (Phi) is 5.98. The van der Waals surface area contributed by atoms with Crippen LogP contribution in [0.2, 0.25) is 0 Å². The average molecular weight is 351 g/mol. The normalized spacial score (nSPS) is 22.2. The molecule has 0 saturated carbocycles. The van der Waals surface area contributed by atoms with Gasteiger partial charge in [-0.15, -0.1) is 10.2 Å². The van der Waals surface area contributed by atoms with E-state index in [9.17, 15) is 9.59 Å². The van der Waals surface area contributed by atoms with Crippen LogP contribution in [-0.2, 0) is 20.9 Å². The van der Waals surface area contributed by atoms with Crippen LogP contribution in [0, 0.1) is 12.8 Å². The number of hydrogen-bond donors (Lipinski definition) is 1. The molecule has 2 aliphatic rings. The highest BCUT2D eigenvalue weighted by molar-refractivity contribution is 5.83. The van der Waals surface area contributed by atoms with Crippen LogP contribution in [0.25, 0.3) is 0 Å². The summed E-state index contributed by atoms with van der Waals surface area (Å²) in [6.07, 6.45) is 1.00. The number of piperidine rings is 1. The van der Waals surface area contributed by atoms with Gasteiger partial charge in [-0.2, -0.15) is 0 Å². The molecular weight excluding hydrogens is 326 g/mol. The second-order valence-electron chi connectivity index (χ2n) is 6.46. The average Bonchev–Trinajstić information content (AvgIpc) is 3.05. The Hall–Kier alpha value is -2.00. The Morgan fingerprint density at radius 3 is 2.80 bits per heavy atom. The molecule has 0 aromatic carbocycles. The van der Waals surface area contributed by atoms with Crippen molar-refractivity contribution in [2.24, 2.45) is 5.92 Å². The first-order chi connectivity index (χ1) is 12.1. The number of likely N-dealkylation sites (tertiary alicyclic amines) is 1. The molecule has 2 amide bonds. The van der Waals surface area contributed by atoms with E-state index in [0.29, 0.717) is 37.7 Å². The lowest BCUT2D eigenvalue weighted by Gasteiger charge is -2.34. The van der Waals surface area contributed by atoms with Crippen molar-refractivity contribution in [3.05, 3.63) is 11.8 Å². The van der Waals surface area contributed by atoms with Crippen molar-refractivity contribution in [3.8, 4) is 0 Å². The van der Waals surface area contributed by atoms with Crippen molar-refractivity contribution in [1.82, 2.24) is 25.3 Å². The maximum Gasteiger partial charge on any atom is 0.235 e. The van der Waals surface area contributed by atoms with Gasteiger partial charge >= 0.3 is 0 Å². The van der Waals surface area contributed by atoms with Gasteiger partial charge in [0, 0.05) is 46.1 Å². The van der Waals surface area contributed by atoms with Gasteiger partial charge in [-0.25, -0.2) is 0 Å². The van der Waals surface area contributed by atoms with E-state index < -0.39 is 0 Å². The first-order valence-corrected chi connectivity index (χ1v) is 8.76.